The van der Waals surface area contributed by atoms with Gasteiger partial charge >= 0.3 is 5.97 Å². The van der Waals surface area contributed by atoms with Crippen LogP contribution in [0.25, 0.3) is 0 Å². The molecule has 6 nitrogen and oxygen atoms in total. The summed E-state index contributed by atoms with van der Waals surface area (Å²) in [4.78, 5) is 11.8. The molecule has 0 amide bonds. The molecule has 1 aliphatic carbocycles. The number of aliphatic hydroxyl groups is 2. The summed E-state index contributed by atoms with van der Waals surface area (Å²) in [5, 5.41) is 20.8. The van der Waals surface area contributed by atoms with Crippen LogP contribution >= 0.6 is 0 Å². The highest BCUT2D eigenvalue weighted by atomic mass is 16.8. The highest BCUT2D eigenvalue weighted by Crippen LogP contribution is 2.71. The van der Waals surface area contributed by atoms with Crippen LogP contribution in [-0.2, 0) is 19.0 Å². The lowest BCUT2D eigenvalue weighted by Gasteiger charge is -2.27. The maximum absolute atomic E-state index is 11.8. The molecule has 6 heteroatoms. The first-order valence-electron chi connectivity index (χ1n) is 6.05. The Balaban J connectivity index is 1.91. The van der Waals surface area contributed by atoms with Crippen molar-refractivity contribution in [2.75, 3.05) is 6.61 Å². The Kier molecular flexibility index (Phi) is 1.99. The number of rotatable bonds is 1. The van der Waals surface area contributed by atoms with Crippen molar-refractivity contribution in [1.82, 2.24) is 0 Å². The van der Waals surface area contributed by atoms with E-state index in [0.29, 0.717) is 0 Å². The summed E-state index contributed by atoms with van der Waals surface area (Å²) >= 11 is 0. The van der Waals surface area contributed by atoms with Gasteiger partial charge in [-0.25, -0.2) is 4.79 Å². The van der Waals surface area contributed by atoms with E-state index in [2.05, 4.69) is 0 Å². The molecule has 3 aliphatic rings. The molecule has 0 aromatic heterocycles. The van der Waals surface area contributed by atoms with E-state index in [-0.39, 0.29) is 6.61 Å². The molecule has 2 heterocycles. The first-order valence-corrected chi connectivity index (χ1v) is 6.05. The van der Waals surface area contributed by atoms with Crippen molar-refractivity contribution in [2.24, 2.45) is 5.41 Å². The van der Waals surface area contributed by atoms with Gasteiger partial charge in [0.2, 0.25) is 5.60 Å². The Bertz CT molecular complexity index is 430. The molecule has 2 aliphatic heterocycles. The van der Waals surface area contributed by atoms with Crippen molar-refractivity contribution in [3.05, 3.63) is 0 Å². The van der Waals surface area contributed by atoms with E-state index in [9.17, 15) is 15.0 Å². The molecule has 18 heavy (non-hydrogen) atoms. The first-order chi connectivity index (χ1) is 8.08. The lowest BCUT2D eigenvalue weighted by atomic mass is 9.98. The molecule has 3 fully saturated rings. The maximum Gasteiger partial charge on any atom is 0.342 e. The van der Waals surface area contributed by atoms with Gasteiger partial charge in [0.25, 0.3) is 0 Å². The van der Waals surface area contributed by atoms with Crippen LogP contribution in [0.1, 0.15) is 27.7 Å². The van der Waals surface area contributed by atoms with Gasteiger partial charge in [-0.15, -0.1) is 0 Å². The SMILES string of the molecule is CC1(C)OC[C@H]([C@@H]2OC(=O)[C@@]3(O)C(C)(C)[C@@]23O)O1. The van der Waals surface area contributed by atoms with E-state index in [1.165, 1.54) is 0 Å². The zero-order valence-corrected chi connectivity index (χ0v) is 10.9. The minimum absolute atomic E-state index is 0.222. The molecule has 0 bridgehead atoms. The molecular weight excluding hydrogens is 240 g/mol. The molecular formula is C12H18O6. The maximum atomic E-state index is 11.8. The number of fused-ring (bicyclic) bond motifs is 1. The first kappa shape index (κ1) is 12.3. The van der Waals surface area contributed by atoms with E-state index >= 15 is 0 Å². The lowest BCUT2D eigenvalue weighted by Crippen LogP contribution is -2.44. The standard InChI is InChI=1S/C12H18O6/c1-9(2)11(14)7(17-8(13)12(9,11)15)6-5-16-10(3,4)18-6/h6-7,14-15H,5H2,1-4H3/t6-,7+,11+,12-/m1/s1. The second-order valence-electron chi connectivity index (χ2n) is 6.29. The number of ether oxygens (including phenoxy) is 3. The summed E-state index contributed by atoms with van der Waals surface area (Å²) in [7, 11) is 0. The number of carbonyl (C=O) groups excluding carboxylic acids is 1. The summed E-state index contributed by atoms with van der Waals surface area (Å²) in [6, 6.07) is 0. The van der Waals surface area contributed by atoms with Crippen molar-refractivity contribution in [1.29, 1.82) is 0 Å². The monoisotopic (exact) mass is 258 g/mol. The summed E-state index contributed by atoms with van der Waals surface area (Å²) in [5.41, 5.74) is -4.37. The third-order valence-corrected chi connectivity index (χ3v) is 4.66. The highest BCUT2D eigenvalue weighted by molar-refractivity contribution is 5.92. The number of hydrogen-bond donors (Lipinski definition) is 2. The minimum atomic E-state index is -1.83. The average molecular weight is 258 g/mol. The molecule has 2 N–H and O–H groups in total. The smallest absolute Gasteiger partial charge is 0.342 e. The summed E-state index contributed by atoms with van der Waals surface area (Å²) < 4.78 is 16.1. The third kappa shape index (κ3) is 1.02. The van der Waals surface area contributed by atoms with Gasteiger partial charge in [-0.05, 0) is 13.8 Å². The Labute approximate surface area is 105 Å². The largest absolute Gasteiger partial charge is 0.454 e. The van der Waals surface area contributed by atoms with E-state index < -0.39 is 40.6 Å². The van der Waals surface area contributed by atoms with E-state index in [0.717, 1.165) is 0 Å². The van der Waals surface area contributed by atoms with Crippen molar-refractivity contribution in [3.8, 4) is 0 Å². The zero-order valence-electron chi connectivity index (χ0n) is 10.9. The Morgan fingerprint density at radius 2 is 1.83 bits per heavy atom. The zero-order chi connectivity index (χ0) is 13.6. The van der Waals surface area contributed by atoms with E-state index in [4.69, 9.17) is 14.2 Å². The van der Waals surface area contributed by atoms with Gasteiger partial charge in [-0.1, -0.05) is 13.8 Å². The Morgan fingerprint density at radius 1 is 1.22 bits per heavy atom. The second kappa shape index (κ2) is 2.90. The molecule has 0 spiro atoms. The van der Waals surface area contributed by atoms with Crippen LogP contribution in [0.15, 0.2) is 0 Å². The number of hydrogen-bond acceptors (Lipinski definition) is 6. The number of esters is 1. The summed E-state index contributed by atoms with van der Waals surface area (Å²) in [6.07, 6.45) is -1.46. The van der Waals surface area contributed by atoms with Gasteiger partial charge in [0.15, 0.2) is 17.5 Å². The molecule has 0 aromatic rings. The Hall–Kier alpha value is -0.690. The third-order valence-electron chi connectivity index (χ3n) is 4.66. The minimum Gasteiger partial charge on any atom is -0.454 e. The van der Waals surface area contributed by atoms with Gasteiger partial charge in [0.05, 0.1) is 6.61 Å². The van der Waals surface area contributed by atoms with Gasteiger partial charge in [0.1, 0.15) is 6.10 Å². The molecule has 0 aromatic carbocycles. The van der Waals surface area contributed by atoms with E-state index in [1.54, 1.807) is 27.7 Å². The molecule has 0 unspecified atom stereocenters. The van der Waals surface area contributed by atoms with Gasteiger partial charge < -0.3 is 24.4 Å². The molecule has 2 saturated heterocycles. The van der Waals surface area contributed by atoms with Crippen molar-refractivity contribution < 1.29 is 29.2 Å². The predicted octanol–water partition coefficient (Wildman–Crippen LogP) is -0.435. The molecule has 102 valence electrons. The van der Waals surface area contributed by atoms with Crippen LogP contribution in [0.3, 0.4) is 0 Å². The normalized spacial score (nSPS) is 52.0. The topological polar surface area (TPSA) is 85.2 Å². The second-order valence-corrected chi connectivity index (χ2v) is 6.29. The number of cyclic esters (lactones) is 1. The molecule has 4 atom stereocenters. The average Bonchev–Trinajstić information content (AvgIpc) is 2.59. The quantitative estimate of drug-likeness (QED) is 0.621. The van der Waals surface area contributed by atoms with Crippen LogP contribution in [0.5, 0.6) is 0 Å². The predicted molar refractivity (Wildman–Crippen MR) is 58.5 cm³/mol. The fraction of sp³-hybridized carbons (Fsp3) is 0.917. The van der Waals surface area contributed by atoms with Crippen LogP contribution in [0.2, 0.25) is 0 Å². The fourth-order valence-electron chi connectivity index (χ4n) is 3.33. The Morgan fingerprint density at radius 3 is 2.22 bits per heavy atom. The van der Waals surface area contributed by atoms with Crippen molar-refractivity contribution in [3.63, 3.8) is 0 Å². The fourth-order valence-corrected chi connectivity index (χ4v) is 3.33. The van der Waals surface area contributed by atoms with Crippen LogP contribution < -0.4 is 0 Å². The van der Waals surface area contributed by atoms with Crippen LogP contribution in [0.4, 0.5) is 0 Å². The van der Waals surface area contributed by atoms with Crippen LogP contribution in [-0.4, -0.2) is 52.0 Å². The molecule has 0 radical (unpaired) electrons. The van der Waals surface area contributed by atoms with Gasteiger partial charge in [0, 0.05) is 5.41 Å². The number of carbonyl (C=O) groups is 1. The lowest BCUT2D eigenvalue weighted by molar-refractivity contribution is -0.179. The highest BCUT2D eigenvalue weighted by Gasteiger charge is 2.95. The van der Waals surface area contributed by atoms with Gasteiger partial charge in [-0.3, -0.25) is 0 Å². The molecule has 1 saturated carbocycles. The van der Waals surface area contributed by atoms with Gasteiger partial charge in [-0.2, -0.15) is 0 Å². The summed E-state index contributed by atoms with van der Waals surface area (Å²) in [5.74, 6) is -1.55. The van der Waals surface area contributed by atoms with Crippen LogP contribution in [0, 0.1) is 5.41 Å². The molecule has 3 rings (SSSR count). The van der Waals surface area contributed by atoms with E-state index in [1.807, 2.05) is 0 Å². The van der Waals surface area contributed by atoms with Crippen molar-refractivity contribution >= 4 is 5.97 Å². The summed E-state index contributed by atoms with van der Waals surface area (Å²) in [6.45, 7) is 7.00. The van der Waals surface area contributed by atoms with Crippen molar-refractivity contribution in [2.45, 2.75) is 56.9 Å².